The summed E-state index contributed by atoms with van der Waals surface area (Å²) in [5, 5.41) is 3.39. The quantitative estimate of drug-likeness (QED) is 0.817. The minimum Gasteiger partial charge on any atom is -0.439 e. The van der Waals surface area contributed by atoms with Crippen molar-refractivity contribution in [3.8, 4) is 11.6 Å². The molecule has 110 valence electrons. The predicted octanol–water partition coefficient (Wildman–Crippen LogP) is 3.86. The van der Waals surface area contributed by atoms with Crippen LogP contribution in [0.1, 0.15) is 36.5 Å². The SMILES string of the molecule is CCCNCc1ccnc(Oc2ccc3c(c2)CCC3)c1. The lowest BCUT2D eigenvalue weighted by atomic mass is 10.1. The summed E-state index contributed by atoms with van der Waals surface area (Å²) < 4.78 is 5.91. The zero-order valence-corrected chi connectivity index (χ0v) is 12.6. The van der Waals surface area contributed by atoms with Gasteiger partial charge in [0.15, 0.2) is 0 Å². The molecule has 0 bridgehead atoms. The summed E-state index contributed by atoms with van der Waals surface area (Å²) in [4.78, 5) is 4.31. The van der Waals surface area contributed by atoms with Crippen molar-refractivity contribution in [3.63, 3.8) is 0 Å². The van der Waals surface area contributed by atoms with Gasteiger partial charge in [-0.3, -0.25) is 0 Å². The van der Waals surface area contributed by atoms with E-state index in [1.807, 2.05) is 24.4 Å². The van der Waals surface area contributed by atoms with Crippen LogP contribution in [0, 0.1) is 0 Å². The lowest BCUT2D eigenvalue weighted by molar-refractivity contribution is 0.461. The van der Waals surface area contributed by atoms with Gasteiger partial charge in [0.05, 0.1) is 0 Å². The molecule has 0 spiro atoms. The van der Waals surface area contributed by atoms with Crippen LogP contribution in [0.5, 0.6) is 11.6 Å². The molecule has 0 aliphatic heterocycles. The van der Waals surface area contributed by atoms with Gasteiger partial charge < -0.3 is 10.1 Å². The van der Waals surface area contributed by atoms with Crippen LogP contribution in [0.2, 0.25) is 0 Å². The maximum atomic E-state index is 5.91. The van der Waals surface area contributed by atoms with Crippen LogP contribution < -0.4 is 10.1 Å². The van der Waals surface area contributed by atoms with E-state index in [1.54, 1.807) is 0 Å². The molecule has 1 aliphatic rings. The maximum absolute atomic E-state index is 5.91. The van der Waals surface area contributed by atoms with Crippen molar-refractivity contribution in [2.45, 2.75) is 39.2 Å². The van der Waals surface area contributed by atoms with E-state index in [1.165, 1.54) is 36.0 Å². The second-order valence-electron chi connectivity index (χ2n) is 5.57. The number of aromatic nitrogens is 1. The van der Waals surface area contributed by atoms with Crippen LogP contribution >= 0.6 is 0 Å². The van der Waals surface area contributed by atoms with Gasteiger partial charge in [0.1, 0.15) is 5.75 Å². The maximum Gasteiger partial charge on any atom is 0.219 e. The van der Waals surface area contributed by atoms with Crippen molar-refractivity contribution >= 4 is 0 Å². The highest BCUT2D eigenvalue weighted by Crippen LogP contribution is 2.28. The zero-order chi connectivity index (χ0) is 14.5. The molecule has 0 radical (unpaired) electrons. The number of benzene rings is 1. The van der Waals surface area contributed by atoms with Crippen molar-refractivity contribution in [2.75, 3.05) is 6.54 Å². The Morgan fingerprint density at radius 1 is 1.14 bits per heavy atom. The number of rotatable bonds is 6. The van der Waals surface area contributed by atoms with Crippen molar-refractivity contribution in [1.82, 2.24) is 10.3 Å². The normalized spacial score (nSPS) is 13.2. The first-order valence-electron chi connectivity index (χ1n) is 7.80. The number of fused-ring (bicyclic) bond motifs is 1. The number of hydrogen-bond acceptors (Lipinski definition) is 3. The molecular weight excluding hydrogens is 260 g/mol. The van der Waals surface area contributed by atoms with Crippen LogP contribution in [0.15, 0.2) is 36.5 Å². The van der Waals surface area contributed by atoms with Gasteiger partial charge >= 0.3 is 0 Å². The van der Waals surface area contributed by atoms with E-state index in [0.29, 0.717) is 5.88 Å². The number of ether oxygens (including phenoxy) is 1. The summed E-state index contributed by atoms with van der Waals surface area (Å²) in [5.41, 5.74) is 4.09. The third kappa shape index (κ3) is 3.61. The Labute approximate surface area is 126 Å². The molecule has 0 amide bonds. The van der Waals surface area contributed by atoms with Crippen molar-refractivity contribution in [1.29, 1.82) is 0 Å². The van der Waals surface area contributed by atoms with E-state index in [-0.39, 0.29) is 0 Å². The highest BCUT2D eigenvalue weighted by atomic mass is 16.5. The van der Waals surface area contributed by atoms with Gasteiger partial charge in [-0.25, -0.2) is 4.98 Å². The monoisotopic (exact) mass is 282 g/mol. The fraction of sp³-hybridized carbons (Fsp3) is 0.389. The van der Waals surface area contributed by atoms with Gasteiger partial charge in [-0.05, 0) is 67.1 Å². The molecule has 1 N–H and O–H groups in total. The summed E-state index contributed by atoms with van der Waals surface area (Å²) >= 11 is 0. The van der Waals surface area contributed by atoms with E-state index >= 15 is 0 Å². The summed E-state index contributed by atoms with van der Waals surface area (Å²) in [6.07, 6.45) is 6.58. The number of pyridine rings is 1. The fourth-order valence-electron chi connectivity index (χ4n) is 2.76. The van der Waals surface area contributed by atoms with Crippen LogP contribution in [0.3, 0.4) is 0 Å². The van der Waals surface area contributed by atoms with E-state index in [9.17, 15) is 0 Å². The summed E-state index contributed by atoms with van der Waals surface area (Å²) in [7, 11) is 0. The molecule has 3 heteroatoms. The van der Waals surface area contributed by atoms with Gasteiger partial charge in [0.2, 0.25) is 5.88 Å². The second kappa shape index (κ2) is 6.72. The van der Waals surface area contributed by atoms with E-state index in [4.69, 9.17) is 4.74 Å². The standard InChI is InChI=1S/C18H22N2O/c1-2-9-19-13-14-8-10-20-18(11-14)21-17-7-6-15-4-3-5-16(15)12-17/h6-8,10-12,19H,2-5,9,13H2,1H3. The van der Waals surface area contributed by atoms with E-state index in [2.05, 4.69) is 29.4 Å². The Kier molecular flexibility index (Phi) is 4.51. The Balaban J connectivity index is 1.68. The summed E-state index contributed by atoms with van der Waals surface area (Å²) in [6, 6.07) is 10.4. The molecule has 1 aromatic carbocycles. The molecule has 0 saturated carbocycles. The van der Waals surface area contributed by atoms with E-state index in [0.717, 1.165) is 25.3 Å². The third-order valence-corrected chi connectivity index (χ3v) is 3.85. The molecule has 0 atom stereocenters. The Morgan fingerprint density at radius 2 is 2.05 bits per heavy atom. The first-order valence-corrected chi connectivity index (χ1v) is 7.80. The molecular formula is C18H22N2O. The molecule has 1 aliphatic carbocycles. The van der Waals surface area contributed by atoms with Crippen LogP contribution in [-0.4, -0.2) is 11.5 Å². The lowest BCUT2D eigenvalue weighted by Gasteiger charge is -2.09. The fourth-order valence-corrected chi connectivity index (χ4v) is 2.76. The molecule has 0 fully saturated rings. The predicted molar refractivity (Wildman–Crippen MR) is 84.8 cm³/mol. The highest BCUT2D eigenvalue weighted by molar-refractivity contribution is 5.40. The minimum absolute atomic E-state index is 0.670. The highest BCUT2D eigenvalue weighted by Gasteiger charge is 2.11. The number of aryl methyl sites for hydroxylation is 2. The third-order valence-electron chi connectivity index (χ3n) is 3.85. The van der Waals surface area contributed by atoms with Gasteiger partial charge in [0, 0.05) is 18.8 Å². The molecule has 21 heavy (non-hydrogen) atoms. The van der Waals surface area contributed by atoms with Crippen LogP contribution in [0.25, 0.3) is 0 Å². The molecule has 1 aromatic heterocycles. The average Bonchev–Trinajstić information content (AvgIpc) is 2.95. The molecule has 3 rings (SSSR count). The van der Waals surface area contributed by atoms with E-state index < -0.39 is 0 Å². The zero-order valence-electron chi connectivity index (χ0n) is 12.6. The number of nitrogens with one attached hydrogen (secondary N) is 1. The average molecular weight is 282 g/mol. The second-order valence-corrected chi connectivity index (χ2v) is 5.57. The Bertz CT molecular complexity index is 610. The summed E-state index contributed by atoms with van der Waals surface area (Å²) in [5.74, 6) is 1.56. The van der Waals surface area contributed by atoms with Crippen LogP contribution in [0.4, 0.5) is 0 Å². The largest absolute Gasteiger partial charge is 0.439 e. The van der Waals surface area contributed by atoms with Gasteiger partial charge in [-0.2, -0.15) is 0 Å². The Morgan fingerprint density at radius 3 is 2.95 bits per heavy atom. The first kappa shape index (κ1) is 14.1. The van der Waals surface area contributed by atoms with Gasteiger partial charge in [-0.15, -0.1) is 0 Å². The van der Waals surface area contributed by atoms with Gasteiger partial charge in [-0.1, -0.05) is 13.0 Å². The Hall–Kier alpha value is -1.87. The number of nitrogens with zero attached hydrogens (tertiary/aromatic N) is 1. The lowest BCUT2D eigenvalue weighted by Crippen LogP contribution is -2.13. The van der Waals surface area contributed by atoms with Gasteiger partial charge in [0.25, 0.3) is 0 Å². The first-order chi connectivity index (χ1) is 10.3. The molecule has 2 aromatic rings. The topological polar surface area (TPSA) is 34.2 Å². The summed E-state index contributed by atoms with van der Waals surface area (Å²) in [6.45, 7) is 4.06. The van der Waals surface area contributed by atoms with Crippen LogP contribution in [-0.2, 0) is 19.4 Å². The number of hydrogen-bond donors (Lipinski definition) is 1. The molecule has 0 saturated heterocycles. The van der Waals surface area contributed by atoms with Crippen molar-refractivity contribution in [3.05, 3.63) is 53.2 Å². The molecule has 1 heterocycles. The van der Waals surface area contributed by atoms with Crippen molar-refractivity contribution < 1.29 is 4.74 Å². The molecule has 3 nitrogen and oxygen atoms in total. The van der Waals surface area contributed by atoms with Crippen molar-refractivity contribution in [2.24, 2.45) is 0 Å². The smallest absolute Gasteiger partial charge is 0.219 e. The molecule has 0 unspecified atom stereocenters. The minimum atomic E-state index is 0.670.